The summed E-state index contributed by atoms with van der Waals surface area (Å²) in [5, 5.41) is 8.08. The van der Waals surface area contributed by atoms with Crippen LogP contribution in [0.4, 0.5) is 19.0 Å². The molecule has 1 aromatic heterocycles. The van der Waals surface area contributed by atoms with Crippen LogP contribution in [0.3, 0.4) is 0 Å². The minimum absolute atomic E-state index is 0.0166. The average molecular weight is 387 g/mol. The predicted molar refractivity (Wildman–Crippen MR) is 94.5 cm³/mol. The fourth-order valence-corrected chi connectivity index (χ4v) is 3.08. The summed E-state index contributed by atoms with van der Waals surface area (Å²) in [4.78, 5) is 3.77. The van der Waals surface area contributed by atoms with E-state index in [9.17, 15) is 21.6 Å². The van der Waals surface area contributed by atoms with Crippen LogP contribution in [0.2, 0.25) is 0 Å². The first-order valence-electron chi connectivity index (χ1n) is 7.85. The van der Waals surface area contributed by atoms with Crippen molar-refractivity contribution in [3.63, 3.8) is 0 Å². The van der Waals surface area contributed by atoms with E-state index >= 15 is 0 Å². The fourth-order valence-electron chi connectivity index (χ4n) is 2.50. The molecule has 2 atom stereocenters. The van der Waals surface area contributed by atoms with Gasteiger partial charge in [0.15, 0.2) is 0 Å². The Bertz CT molecular complexity index is 828. The molecule has 0 aromatic carbocycles. The molecule has 1 aliphatic rings. The lowest BCUT2D eigenvalue weighted by Gasteiger charge is -2.08. The highest BCUT2D eigenvalue weighted by atomic mass is 32.2. The molecular formula is C17H20F3N3O2S. The van der Waals surface area contributed by atoms with Gasteiger partial charge in [-0.25, -0.2) is 18.5 Å². The molecule has 2 rings (SSSR count). The van der Waals surface area contributed by atoms with Crippen molar-refractivity contribution in [2.45, 2.75) is 19.5 Å². The topological polar surface area (TPSA) is 85.1 Å². The Morgan fingerprint density at radius 2 is 2.12 bits per heavy atom. The van der Waals surface area contributed by atoms with Crippen LogP contribution < -0.4 is 10.5 Å². The number of aromatic nitrogens is 1. The van der Waals surface area contributed by atoms with Crippen molar-refractivity contribution in [3.8, 4) is 0 Å². The Hall–Kier alpha value is -2.13. The third kappa shape index (κ3) is 5.43. The van der Waals surface area contributed by atoms with Crippen molar-refractivity contribution < 1.29 is 21.6 Å². The first-order chi connectivity index (χ1) is 12.0. The van der Waals surface area contributed by atoms with Crippen molar-refractivity contribution in [1.29, 1.82) is 0 Å². The second kappa shape index (κ2) is 7.63. The molecule has 1 aromatic rings. The summed E-state index contributed by atoms with van der Waals surface area (Å²) in [6.07, 6.45) is 1.69. The third-order valence-electron chi connectivity index (χ3n) is 4.11. The van der Waals surface area contributed by atoms with Gasteiger partial charge in [-0.1, -0.05) is 24.3 Å². The van der Waals surface area contributed by atoms with Crippen molar-refractivity contribution >= 4 is 15.8 Å². The average Bonchev–Trinajstić information content (AvgIpc) is 3.31. The zero-order valence-corrected chi connectivity index (χ0v) is 14.9. The van der Waals surface area contributed by atoms with Crippen molar-refractivity contribution in [3.05, 3.63) is 59.2 Å². The van der Waals surface area contributed by atoms with E-state index in [1.165, 1.54) is 18.2 Å². The molecule has 0 saturated heterocycles. The molecule has 0 spiro atoms. The van der Waals surface area contributed by atoms with E-state index in [0.29, 0.717) is 12.4 Å². The molecule has 1 unspecified atom stereocenters. The molecule has 26 heavy (non-hydrogen) atoms. The normalized spacial score (nSPS) is 21.0. The number of primary sulfonamides is 1. The van der Waals surface area contributed by atoms with Gasteiger partial charge in [-0.3, -0.25) is 0 Å². The number of hydrogen-bond donors (Lipinski definition) is 2. The summed E-state index contributed by atoms with van der Waals surface area (Å²) in [6.45, 7) is 6.05. The number of hydrogen-bond acceptors (Lipinski definition) is 4. The van der Waals surface area contributed by atoms with Crippen molar-refractivity contribution in [1.82, 2.24) is 4.98 Å². The molecule has 0 radical (unpaired) electrons. The summed E-state index contributed by atoms with van der Waals surface area (Å²) in [6, 6.07) is 2.27. The van der Waals surface area contributed by atoms with Crippen LogP contribution in [-0.2, 0) is 16.2 Å². The van der Waals surface area contributed by atoms with Crippen molar-refractivity contribution in [2.75, 3.05) is 11.9 Å². The number of nitrogens with one attached hydrogen (secondary N) is 1. The van der Waals surface area contributed by atoms with Crippen LogP contribution in [0, 0.1) is 11.8 Å². The number of sulfonamides is 1. The molecular weight excluding hydrogens is 367 g/mol. The molecule has 9 heteroatoms. The van der Waals surface area contributed by atoms with E-state index in [4.69, 9.17) is 5.14 Å². The quantitative estimate of drug-likeness (QED) is 0.702. The SMILES string of the molecule is C=C(/C=C\C(=C/C)S(N)(=O)=O)[C@H]1CC1CNc1ccc(C(F)(F)F)cn1. The lowest BCUT2D eigenvalue weighted by atomic mass is 10.1. The molecule has 5 nitrogen and oxygen atoms in total. The smallest absolute Gasteiger partial charge is 0.370 e. The number of allylic oxidation sites excluding steroid dienone is 4. The number of nitrogens with zero attached hydrogens (tertiary/aromatic N) is 1. The van der Waals surface area contributed by atoms with Gasteiger partial charge in [0.25, 0.3) is 0 Å². The molecule has 1 aliphatic carbocycles. The number of alkyl halides is 3. The third-order valence-corrected chi connectivity index (χ3v) is 5.14. The van der Waals surface area contributed by atoms with Crippen LogP contribution in [0.5, 0.6) is 0 Å². The monoisotopic (exact) mass is 387 g/mol. The molecule has 3 N–H and O–H groups in total. The van der Waals surface area contributed by atoms with Crippen LogP contribution in [0.15, 0.2) is 53.6 Å². The first-order valence-corrected chi connectivity index (χ1v) is 9.40. The lowest BCUT2D eigenvalue weighted by Crippen LogP contribution is -2.13. The van der Waals surface area contributed by atoms with Gasteiger partial charge in [0.1, 0.15) is 5.82 Å². The van der Waals surface area contributed by atoms with Gasteiger partial charge in [0.05, 0.1) is 10.5 Å². The largest absolute Gasteiger partial charge is 0.417 e. The highest BCUT2D eigenvalue weighted by Crippen LogP contribution is 2.44. The molecule has 142 valence electrons. The van der Waals surface area contributed by atoms with Crippen molar-refractivity contribution in [2.24, 2.45) is 17.0 Å². The number of anilines is 1. The highest BCUT2D eigenvalue weighted by molar-refractivity contribution is 7.93. The van der Waals surface area contributed by atoms with Gasteiger partial charge < -0.3 is 5.32 Å². The van der Waals surface area contributed by atoms with Gasteiger partial charge in [0, 0.05) is 12.7 Å². The van der Waals surface area contributed by atoms with E-state index in [1.807, 2.05) is 0 Å². The second-order valence-corrected chi connectivity index (χ2v) is 7.62. The van der Waals surface area contributed by atoms with Crippen LogP contribution in [0.25, 0.3) is 0 Å². The van der Waals surface area contributed by atoms with Crippen LogP contribution in [-0.4, -0.2) is 19.9 Å². The fraction of sp³-hybridized carbons (Fsp3) is 0.353. The Morgan fingerprint density at radius 1 is 1.42 bits per heavy atom. The number of rotatable bonds is 7. The maximum absolute atomic E-state index is 12.5. The summed E-state index contributed by atoms with van der Waals surface area (Å²) < 4.78 is 60.1. The van der Waals surface area contributed by atoms with Crippen LogP contribution >= 0.6 is 0 Å². The van der Waals surface area contributed by atoms with E-state index < -0.39 is 21.8 Å². The molecule has 1 fully saturated rings. The molecule has 0 aliphatic heterocycles. The zero-order chi connectivity index (χ0) is 19.5. The number of pyridine rings is 1. The highest BCUT2D eigenvalue weighted by Gasteiger charge is 2.38. The number of halogens is 3. The molecule has 0 amide bonds. The Kier molecular flexibility index (Phi) is 5.92. The van der Waals surface area contributed by atoms with Gasteiger partial charge in [-0.2, -0.15) is 13.2 Å². The summed E-state index contributed by atoms with van der Waals surface area (Å²) in [5.41, 5.74) is -0.0133. The number of nitrogens with two attached hydrogens (primary N) is 1. The maximum Gasteiger partial charge on any atom is 0.417 e. The minimum atomic E-state index is -4.40. The van der Waals surface area contributed by atoms with Gasteiger partial charge >= 0.3 is 6.18 Å². The zero-order valence-electron chi connectivity index (χ0n) is 14.1. The lowest BCUT2D eigenvalue weighted by molar-refractivity contribution is -0.137. The minimum Gasteiger partial charge on any atom is -0.370 e. The summed E-state index contributed by atoms with van der Waals surface area (Å²) in [7, 11) is -3.76. The van der Waals surface area contributed by atoms with Gasteiger partial charge in [-0.05, 0) is 43.4 Å². The van der Waals surface area contributed by atoms with E-state index in [0.717, 1.165) is 24.3 Å². The predicted octanol–water partition coefficient (Wildman–Crippen LogP) is 3.45. The summed E-state index contributed by atoms with van der Waals surface area (Å²) in [5.74, 6) is 0.821. The second-order valence-electron chi connectivity index (χ2n) is 6.06. The van der Waals surface area contributed by atoms with E-state index in [1.54, 1.807) is 13.0 Å². The van der Waals surface area contributed by atoms with Crippen LogP contribution in [0.1, 0.15) is 18.9 Å². The Morgan fingerprint density at radius 3 is 2.62 bits per heavy atom. The van der Waals surface area contributed by atoms with Gasteiger partial charge in [-0.15, -0.1) is 0 Å². The van der Waals surface area contributed by atoms with Gasteiger partial charge in [0.2, 0.25) is 10.0 Å². The first kappa shape index (κ1) is 20.2. The van der Waals surface area contributed by atoms with E-state index in [2.05, 4.69) is 16.9 Å². The molecule has 1 heterocycles. The molecule has 0 bridgehead atoms. The van der Waals surface area contributed by atoms with E-state index in [-0.39, 0.29) is 16.7 Å². The summed E-state index contributed by atoms with van der Waals surface area (Å²) >= 11 is 0. The Labute approximate surface area is 150 Å². The Balaban J connectivity index is 1.85. The maximum atomic E-state index is 12.5. The molecule has 1 saturated carbocycles. The standard InChI is InChI=1S/C17H20F3N3O2S/c1-3-14(26(21,24)25)6-4-11(2)15-8-12(15)9-22-16-7-5-13(10-23-16)17(18,19)20/h3-7,10,12,15H,2,8-9H2,1H3,(H,22,23)(H2,21,24,25)/b6-4-,14-3+/t12?,15-/m1/s1.